The Labute approximate surface area is 190 Å². The van der Waals surface area contributed by atoms with Gasteiger partial charge in [0.25, 0.3) is 0 Å². The fourth-order valence-electron chi connectivity index (χ4n) is 5.03. The van der Waals surface area contributed by atoms with E-state index in [-0.39, 0.29) is 17.9 Å². The molecular formula is C25H31N3O3S. The van der Waals surface area contributed by atoms with E-state index in [4.69, 9.17) is 0 Å². The highest BCUT2D eigenvalue weighted by Crippen LogP contribution is 2.40. The predicted octanol–water partition coefficient (Wildman–Crippen LogP) is 3.50. The van der Waals surface area contributed by atoms with E-state index in [0.29, 0.717) is 37.5 Å². The molecule has 2 heterocycles. The van der Waals surface area contributed by atoms with Gasteiger partial charge in [0.1, 0.15) is 0 Å². The van der Waals surface area contributed by atoms with Gasteiger partial charge in [-0.3, -0.25) is 4.79 Å². The number of amides is 1. The van der Waals surface area contributed by atoms with E-state index in [1.807, 2.05) is 17.9 Å². The lowest BCUT2D eigenvalue weighted by molar-refractivity contribution is -0.120. The lowest BCUT2D eigenvalue weighted by Gasteiger charge is -2.36. The Morgan fingerprint density at radius 2 is 1.69 bits per heavy atom. The molecule has 1 aliphatic carbocycles. The number of anilines is 2. The van der Waals surface area contributed by atoms with Crippen LogP contribution < -0.4 is 9.80 Å². The Bertz CT molecular complexity index is 1160. The number of hydrogen-bond acceptors (Lipinski definition) is 4. The van der Waals surface area contributed by atoms with Crippen molar-refractivity contribution >= 4 is 27.3 Å². The summed E-state index contributed by atoms with van der Waals surface area (Å²) in [6, 6.07) is 11.7. The van der Waals surface area contributed by atoms with Gasteiger partial charge in [-0.15, -0.1) is 0 Å². The van der Waals surface area contributed by atoms with Crippen molar-refractivity contribution in [2.75, 3.05) is 36.0 Å². The maximum atomic E-state index is 13.4. The van der Waals surface area contributed by atoms with E-state index < -0.39 is 10.0 Å². The third-order valence-corrected chi connectivity index (χ3v) is 9.12. The third-order valence-electron chi connectivity index (χ3n) is 7.22. The molecule has 2 aromatic carbocycles. The van der Waals surface area contributed by atoms with Crippen molar-refractivity contribution < 1.29 is 13.2 Å². The van der Waals surface area contributed by atoms with Gasteiger partial charge in [0.2, 0.25) is 15.9 Å². The number of aryl methyl sites for hydroxylation is 1. The molecule has 3 aliphatic rings. The van der Waals surface area contributed by atoms with E-state index in [0.717, 1.165) is 24.1 Å². The number of piperazine rings is 1. The van der Waals surface area contributed by atoms with Crippen molar-refractivity contribution in [3.8, 4) is 0 Å². The Kier molecular flexibility index (Phi) is 5.29. The Morgan fingerprint density at radius 3 is 2.38 bits per heavy atom. The first-order chi connectivity index (χ1) is 15.3. The van der Waals surface area contributed by atoms with Crippen molar-refractivity contribution in [1.29, 1.82) is 0 Å². The van der Waals surface area contributed by atoms with E-state index in [1.54, 1.807) is 16.4 Å². The second-order valence-electron chi connectivity index (χ2n) is 9.44. The maximum Gasteiger partial charge on any atom is 0.243 e. The fraction of sp³-hybridized carbons (Fsp3) is 0.480. The van der Waals surface area contributed by atoms with Gasteiger partial charge in [0.05, 0.1) is 4.90 Å². The molecule has 1 atom stereocenters. The molecule has 0 unspecified atom stereocenters. The summed E-state index contributed by atoms with van der Waals surface area (Å²) in [7, 11) is -3.56. The molecule has 7 heteroatoms. The zero-order chi connectivity index (χ0) is 22.6. The Hall–Kier alpha value is -2.38. The summed E-state index contributed by atoms with van der Waals surface area (Å²) in [5.74, 6) is 0.342. The zero-order valence-electron chi connectivity index (χ0n) is 19.0. The van der Waals surface area contributed by atoms with Crippen LogP contribution in [0.25, 0.3) is 0 Å². The third kappa shape index (κ3) is 3.61. The van der Waals surface area contributed by atoms with Crippen LogP contribution in [-0.4, -0.2) is 50.9 Å². The maximum absolute atomic E-state index is 13.4. The van der Waals surface area contributed by atoms with Crippen LogP contribution in [-0.2, 0) is 21.2 Å². The first-order valence-corrected chi connectivity index (χ1v) is 13.0. The highest BCUT2D eigenvalue weighted by Gasteiger charge is 2.40. The van der Waals surface area contributed by atoms with Crippen LogP contribution in [0.5, 0.6) is 0 Å². The standard InChI is InChI=1S/C25H31N3O3S/c1-17-5-4-6-23(19(17)3)26-11-13-27(14-12-26)32(30,31)22-9-10-24-21(16-22)15-18(2)28(24)25(29)20-7-8-20/h4-6,9-10,16,18,20H,7-8,11-15H2,1-3H3/t18-/m0/s1. The van der Waals surface area contributed by atoms with Crippen molar-refractivity contribution in [1.82, 2.24) is 4.31 Å². The molecule has 5 rings (SSSR count). The molecule has 0 bridgehead atoms. The number of carbonyl (C=O) groups excluding carboxylic acids is 1. The van der Waals surface area contributed by atoms with Gasteiger partial charge < -0.3 is 9.80 Å². The van der Waals surface area contributed by atoms with Gasteiger partial charge in [0, 0.05) is 49.5 Å². The second kappa shape index (κ2) is 7.89. The largest absolute Gasteiger partial charge is 0.369 e. The number of sulfonamides is 1. The molecule has 2 fully saturated rings. The van der Waals surface area contributed by atoms with Gasteiger partial charge in [-0.05, 0) is 81.0 Å². The monoisotopic (exact) mass is 453 g/mol. The SMILES string of the molecule is Cc1cccc(N2CCN(S(=O)(=O)c3ccc4c(c3)C[C@H](C)N4C(=O)C3CC3)CC2)c1C. The molecular weight excluding hydrogens is 422 g/mol. The van der Waals surface area contributed by atoms with Crippen molar-refractivity contribution in [3.05, 3.63) is 53.1 Å². The minimum atomic E-state index is -3.56. The van der Waals surface area contributed by atoms with Gasteiger partial charge >= 0.3 is 0 Å². The molecule has 6 nitrogen and oxygen atoms in total. The highest BCUT2D eigenvalue weighted by molar-refractivity contribution is 7.89. The van der Waals surface area contributed by atoms with Gasteiger partial charge in [-0.2, -0.15) is 4.31 Å². The van der Waals surface area contributed by atoms with Crippen LogP contribution in [0, 0.1) is 19.8 Å². The number of nitrogens with zero attached hydrogens (tertiary/aromatic N) is 3. The topological polar surface area (TPSA) is 60.9 Å². The second-order valence-corrected chi connectivity index (χ2v) is 11.4. The zero-order valence-corrected chi connectivity index (χ0v) is 19.9. The number of fused-ring (bicyclic) bond motifs is 1. The lowest BCUT2D eigenvalue weighted by atomic mass is 10.1. The molecule has 0 aromatic heterocycles. The van der Waals surface area contributed by atoms with E-state index >= 15 is 0 Å². The van der Waals surface area contributed by atoms with Gasteiger partial charge in [-0.25, -0.2) is 8.42 Å². The van der Waals surface area contributed by atoms with Crippen molar-refractivity contribution in [3.63, 3.8) is 0 Å². The molecule has 2 aromatic rings. The average molecular weight is 454 g/mol. The number of rotatable bonds is 4. The number of hydrogen-bond donors (Lipinski definition) is 0. The van der Waals surface area contributed by atoms with Gasteiger partial charge in [0.15, 0.2) is 0 Å². The van der Waals surface area contributed by atoms with Crippen LogP contribution in [0.15, 0.2) is 41.3 Å². The molecule has 1 saturated carbocycles. The molecule has 0 spiro atoms. The van der Waals surface area contributed by atoms with Crippen molar-refractivity contribution in [2.45, 2.75) is 51.0 Å². The predicted molar refractivity (Wildman–Crippen MR) is 127 cm³/mol. The van der Waals surface area contributed by atoms with Crippen LogP contribution in [0.1, 0.15) is 36.5 Å². The summed E-state index contributed by atoms with van der Waals surface area (Å²) in [5.41, 5.74) is 5.53. The van der Waals surface area contributed by atoms with E-state index in [9.17, 15) is 13.2 Å². The molecule has 170 valence electrons. The van der Waals surface area contributed by atoms with Crippen LogP contribution in [0.3, 0.4) is 0 Å². The Morgan fingerprint density at radius 1 is 0.969 bits per heavy atom. The van der Waals surface area contributed by atoms with Crippen LogP contribution in [0.4, 0.5) is 11.4 Å². The summed E-state index contributed by atoms with van der Waals surface area (Å²) in [6.07, 6.45) is 2.65. The molecule has 0 N–H and O–H groups in total. The summed E-state index contributed by atoms with van der Waals surface area (Å²) >= 11 is 0. The van der Waals surface area contributed by atoms with E-state index in [2.05, 4.69) is 36.9 Å². The quantitative estimate of drug-likeness (QED) is 0.711. The average Bonchev–Trinajstić information content (AvgIpc) is 3.57. The smallest absolute Gasteiger partial charge is 0.243 e. The lowest BCUT2D eigenvalue weighted by Crippen LogP contribution is -2.48. The van der Waals surface area contributed by atoms with E-state index in [1.165, 1.54) is 16.8 Å². The first kappa shape index (κ1) is 21.5. The minimum Gasteiger partial charge on any atom is -0.369 e. The molecule has 32 heavy (non-hydrogen) atoms. The van der Waals surface area contributed by atoms with Crippen LogP contribution >= 0.6 is 0 Å². The molecule has 0 radical (unpaired) electrons. The first-order valence-electron chi connectivity index (χ1n) is 11.5. The molecule has 1 saturated heterocycles. The molecule has 1 amide bonds. The summed E-state index contributed by atoms with van der Waals surface area (Å²) in [5, 5.41) is 0. The van der Waals surface area contributed by atoms with Crippen molar-refractivity contribution in [2.24, 2.45) is 5.92 Å². The molecule has 2 aliphatic heterocycles. The van der Waals surface area contributed by atoms with Gasteiger partial charge in [-0.1, -0.05) is 12.1 Å². The van der Waals surface area contributed by atoms with Crippen LogP contribution in [0.2, 0.25) is 0 Å². The normalized spacial score (nSPS) is 21.7. The fourth-order valence-corrected chi connectivity index (χ4v) is 6.50. The summed E-state index contributed by atoms with van der Waals surface area (Å²) in [4.78, 5) is 17.2. The number of carbonyl (C=O) groups is 1. The summed E-state index contributed by atoms with van der Waals surface area (Å²) in [6.45, 7) is 8.56. The minimum absolute atomic E-state index is 0.0807. The number of benzene rings is 2. The summed E-state index contributed by atoms with van der Waals surface area (Å²) < 4.78 is 28.4. The highest BCUT2D eigenvalue weighted by atomic mass is 32.2. The Balaban J connectivity index is 1.33.